The van der Waals surface area contributed by atoms with Gasteiger partial charge in [0.05, 0.1) is 10.2 Å². The summed E-state index contributed by atoms with van der Waals surface area (Å²) < 4.78 is 12.7. The van der Waals surface area contributed by atoms with Crippen molar-refractivity contribution < 1.29 is 29.0 Å². The summed E-state index contributed by atoms with van der Waals surface area (Å²) in [7, 11) is 2.57. The number of hydrogen-bond acceptors (Lipinski definition) is 10. The number of nitrogens with zero attached hydrogens (tertiary/aromatic N) is 2. The summed E-state index contributed by atoms with van der Waals surface area (Å²) in [6.07, 6.45) is 0. The second-order valence-electron chi connectivity index (χ2n) is 8.87. The molecule has 2 amide bonds. The number of nitrogens with one attached hydrogen (secondary N) is 1. The van der Waals surface area contributed by atoms with Crippen LogP contribution in [0.25, 0.3) is 10.2 Å². The van der Waals surface area contributed by atoms with E-state index in [1.807, 2.05) is 48.5 Å². The van der Waals surface area contributed by atoms with E-state index < -0.39 is 29.2 Å². The first-order chi connectivity index (χ1) is 19.9. The maximum Gasteiger partial charge on any atom is 0.358 e. The van der Waals surface area contributed by atoms with Crippen LogP contribution in [0, 0.1) is 0 Å². The Morgan fingerprint density at radius 3 is 2.41 bits per heavy atom. The number of likely N-dealkylation sites (tertiary alicyclic amines) is 1. The highest BCUT2D eigenvalue weighted by Crippen LogP contribution is 2.45. The fraction of sp³-hybridized carbons (Fsp3) is 0.172. The van der Waals surface area contributed by atoms with E-state index in [-0.39, 0.29) is 24.7 Å². The fourth-order valence-electron chi connectivity index (χ4n) is 4.00. The number of carbonyl (C=O) groups excluding carboxylic acids is 3. The Balaban J connectivity index is 1.32. The standard InChI is InChI=1S/C29H25N3O6S3/c1-18(33)25(28(36)38-16-19-10-4-2-5-11-19)32-26(35)24(31-23(34)17-37-20-12-6-3-7-13-20)27(32)40-41-29-30-21-14-8-9-15-22(21)39-29/h2-15,24,27,33H,16-17H2,1H3,(H,31,34). The molecule has 9 nitrogen and oxygen atoms in total. The third-order valence-electron chi connectivity index (χ3n) is 5.95. The van der Waals surface area contributed by atoms with E-state index in [0.717, 1.165) is 25.0 Å². The number of aromatic nitrogens is 1. The van der Waals surface area contributed by atoms with Crippen molar-refractivity contribution in [2.45, 2.75) is 29.3 Å². The van der Waals surface area contributed by atoms with Gasteiger partial charge in [0, 0.05) is 0 Å². The van der Waals surface area contributed by atoms with Crippen molar-refractivity contribution in [1.82, 2.24) is 15.2 Å². The molecule has 0 aliphatic carbocycles. The van der Waals surface area contributed by atoms with Crippen molar-refractivity contribution in [2.75, 3.05) is 6.61 Å². The molecule has 2 heterocycles. The zero-order valence-electron chi connectivity index (χ0n) is 21.8. The maximum absolute atomic E-state index is 13.3. The topological polar surface area (TPSA) is 118 Å². The normalized spacial score (nSPS) is 17.0. The quantitative estimate of drug-likeness (QED) is 0.0770. The van der Waals surface area contributed by atoms with E-state index >= 15 is 0 Å². The number of ether oxygens (including phenoxy) is 2. The number of fused-ring (bicyclic) bond motifs is 1. The lowest BCUT2D eigenvalue weighted by Gasteiger charge is -2.46. The van der Waals surface area contributed by atoms with Gasteiger partial charge in [-0.2, -0.15) is 0 Å². The van der Waals surface area contributed by atoms with Gasteiger partial charge >= 0.3 is 5.97 Å². The van der Waals surface area contributed by atoms with Crippen molar-refractivity contribution in [2.24, 2.45) is 0 Å². The Morgan fingerprint density at radius 1 is 1.02 bits per heavy atom. The fourth-order valence-corrected chi connectivity index (χ4v) is 7.92. The number of thiazole rings is 1. The van der Waals surface area contributed by atoms with Crippen molar-refractivity contribution in [1.29, 1.82) is 0 Å². The largest absolute Gasteiger partial charge is 0.510 e. The Labute approximate surface area is 248 Å². The smallest absolute Gasteiger partial charge is 0.358 e. The van der Waals surface area contributed by atoms with Crippen molar-refractivity contribution >= 4 is 60.9 Å². The first-order valence-electron chi connectivity index (χ1n) is 12.5. The van der Waals surface area contributed by atoms with Crippen LogP contribution in [0.5, 0.6) is 5.75 Å². The van der Waals surface area contributed by atoms with Crippen LogP contribution in [-0.2, 0) is 25.7 Å². The molecule has 41 heavy (non-hydrogen) atoms. The Morgan fingerprint density at radius 2 is 1.71 bits per heavy atom. The molecular weight excluding hydrogens is 583 g/mol. The molecule has 5 rings (SSSR count). The van der Waals surface area contributed by atoms with Gasteiger partial charge < -0.3 is 19.9 Å². The summed E-state index contributed by atoms with van der Waals surface area (Å²) in [5.74, 6) is -1.76. The predicted octanol–water partition coefficient (Wildman–Crippen LogP) is 5.30. The Bertz CT molecular complexity index is 1540. The molecule has 0 radical (unpaired) electrons. The molecule has 3 aromatic carbocycles. The van der Waals surface area contributed by atoms with Gasteiger partial charge in [-0.1, -0.05) is 71.5 Å². The van der Waals surface area contributed by atoms with Crippen LogP contribution in [0.4, 0.5) is 0 Å². The SMILES string of the molecule is CC(O)=C(C(=O)OCc1ccccc1)N1C(=O)C(NC(=O)COc2ccccc2)C1SSc1nc2ccccc2s1. The first-order valence-corrected chi connectivity index (χ1v) is 15.5. The summed E-state index contributed by atoms with van der Waals surface area (Å²) in [6, 6.07) is 24.7. The van der Waals surface area contributed by atoms with Crippen molar-refractivity contribution in [3.05, 3.63) is 102 Å². The van der Waals surface area contributed by atoms with Crippen LogP contribution < -0.4 is 10.1 Å². The van der Waals surface area contributed by atoms with Crippen LogP contribution in [0.3, 0.4) is 0 Å². The molecule has 1 aromatic heterocycles. The molecule has 1 fully saturated rings. The van der Waals surface area contributed by atoms with Gasteiger partial charge in [-0.3, -0.25) is 14.5 Å². The van der Waals surface area contributed by atoms with Crippen molar-refractivity contribution in [3.63, 3.8) is 0 Å². The minimum atomic E-state index is -0.968. The zero-order chi connectivity index (χ0) is 28.8. The number of carbonyl (C=O) groups is 3. The highest BCUT2D eigenvalue weighted by atomic mass is 33.1. The molecule has 1 saturated heterocycles. The molecule has 1 aliphatic heterocycles. The lowest BCUT2D eigenvalue weighted by Crippen LogP contribution is -2.69. The van der Waals surface area contributed by atoms with Crippen LogP contribution >= 0.6 is 32.9 Å². The van der Waals surface area contributed by atoms with Crippen LogP contribution in [0.15, 0.2) is 101 Å². The molecule has 2 N–H and O–H groups in total. The molecule has 210 valence electrons. The highest BCUT2D eigenvalue weighted by Gasteiger charge is 2.53. The predicted molar refractivity (Wildman–Crippen MR) is 159 cm³/mol. The summed E-state index contributed by atoms with van der Waals surface area (Å²) in [5.41, 5.74) is 1.33. The van der Waals surface area contributed by atoms with Gasteiger partial charge in [0.25, 0.3) is 11.8 Å². The van der Waals surface area contributed by atoms with Gasteiger partial charge in [0.2, 0.25) is 0 Å². The average Bonchev–Trinajstić information content (AvgIpc) is 3.41. The molecule has 2 unspecified atom stereocenters. The van der Waals surface area contributed by atoms with E-state index in [1.165, 1.54) is 39.8 Å². The minimum absolute atomic E-state index is 0.0340. The number of amides is 2. The average molecular weight is 608 g/mol. The van der Waals surface area contributed by atoms with Gasteiger partial charge in [-0.25, -0.2) is 9.78 Å². The van der Waals surface area contributed by atoms with E-state index in [2.05, 4.69) is 10.3 Å². The Kier molecular flexibility index (Phi) is 9.12. The number of aliphatic hydroxyl groups is 1. The summed E-state index contributed by atoms with van der Waals surface area (Å²) in [4.78, 5) is 44.9. The number of β-lactam (4-membered cyclic amide) rings is 1. The number of aliphatic hydroxyl groups excluding tert-OH is 1. The van der Waals surface area contributed by atoms with E-state index in [4.69, 9.17) is 9.47 Å². The number of rotatable bonds is 11. The third kappa shape index (κ3) is 6.84. The zero-order valence-corrected chi connectivity index (χ0v) is 24.2. The first kappa shape index (κ1) is 28.5. The van der Waals surface area contributed by atoms with Crippen LogP contribution in [-0.4, -0.2) is 50.8 Å². The van der Waals surface area contributed by atoms with Crippen LogP contribution in [0.1, 0.15) is 12.5 Å². The lowest BCUT2D eigenvalue weighted by atomic mass is 10.1. The van der Waals surface area contributed by atoms with Gasteiger partial charge in [-0.05, 0) is 47.5 Å². The highest BCUT2D eigenvalue weighted by molar-refractivity contribution is 8.77. The second kappa shape index (κ2) is 13.1. The molecule has 12 heteroatoms. The molecule has 1 aliphatic rings. The van der Waals surface area contributed by atoms with Gasteiger partial charge in [0.1, 0.15) is 29.5 Å². The van der Waals surface area contributed by atoms with Crippen molar-refractivity contribution in [3.8, 4) is 5.75 Å². The minimum Gasteiger partial charge on any atom is -0.510 e. The summed E-state index contributed by atoms with van der Waals surface area (Å²) in [5, 5.41) is 12.4. The summed E-state index contributed by atoms with van der Waals surface area (Å²) >= 11 is 1.49. The molecular formula is C29H25N3O6S3. The molecule has 2 atom stereocenters. The number of esters is 1. The number of para-hydroxylation sites is 2. The third-order valence-corrected chi connectivity index (χ3v) is 9.97. The second-order valence-corrected chi connectivity index (χ2v) is 12.5. The van der Waals surface area contributed by atoms with E-state index in [0.29, 0.717) is 5.75 Å². The van der Waals surface area contributed by atoms with Gasteiger partial charge in [-0.15, -0.1) is 11.3 Å². The molecule has 0 spiro atoms. The summed E-state index contributed by atoms with van der Waals surface area (Å²) in [6.45, 7) is 0.985. The molecule has 0 bridgehead atoms. The van der Waals surface area contributed by atoms with E-state index in [1.54, 1.807) is 36.4 Å². The number of allylic oxidation sites excluding steroid dienone is 1. The van der Waals surface area contributed by atoms with E-state index in [9.17, 15) is 19.5 Å². The van der Waals surface area contributed by atoms with Gasteiger partial charge in [0.15, 0.2) is 16.6 Å². The number of hydrogen-bond donors (Lipinski definition) is 2. The maximum atomic E-state index is 13.3. The Hall–Kier alpha value is -4.00. The number of benzene rings is 3. The van der Waals surface area contributed by atoms with Crippen LogP contribution in [0.2, 0.25) is 0 Å². The monoisotopic (exact) mass is 607 g/mol. The molecule has 4 aromatic rings. The molecule has 0 saturated carbocycles. The lowest BCUT2D eigenvalue weighted by molar-refractivity contribution is -0.153.